The Labute approximate surface area is 178 Å². The van der Waals surface area contributed by atoms with Gasteiger partial charge in [0.2, 0.25) is 0 Å². The van der Waals surface area contributed by atoms with Crippen molar-refractivity contribution in [2.24, 2.45) is 5.92 Å². The number of benzene rings is 2. The van der Waals surface area contributed by atoms with Crippen molar-refractivity contribution in [2.45, 2.75) is 25.2 Å². The summed E-state index contributed by atoms with van der Waals surface area (Å²) < 4.78 is 77.8. The number of urea groups is 1. The summed E-state index contributed by atoms with van der Waals surface area (Å²) >= 11 is 0. The number of carbonyl (C=O) groups excluding carboxylic acids is 2. The number of anilines is 1. The summed E-state index contributed by atoms with van der Waals surface area (Å²) in [5, 5.41) is 11.4. The topological polar surface area (TPSA) is 69.6 Å². The molecule has 2 aromatic carbocycles. The molecule has 0 radical (unpaired) electrons. The molecule has 1 fully saturated rings. The van der Waals surface area contributed by atoms with E-state index in [-0.39, 0.29) is 43.5 Å². The maximum absolute atomic E-state index is 13.0. The van der Waals surface area contributed by atoms with Crippen LogP contribution in [0.15, 0.2) is 42.5 Å². The average Bonchev–Trinajstić information content (AvgIpc) is 2.72. The molecule has 172 valence electrons. The maximum atomic E-state index is 13.0. The number of hydrogen-bond donors (Lipinski definition) is 2. The van der Waals surface area contributed by atoms with Crippen LogP contribution >= 0.6 is 0 Å². The molecule has 1 aliphatic heterocycles. The second-order valence-corrected chi connectivity index (χ2v) is 7.40. The summed E-state index contributed by atoms with van der Waals surface area (Å²) in [6, 6.07) is 5.71. The average molecular weight is 460 g/mol. The lowest BCUT2D eigenvalue weighted by Crippen LogP contribution is -2.42. The van der Waals surface area contributed by atoms with Crippen LogP contribution in [0.4, 0.5) is 36.8 Å². The molecule has 1 aliphatic rings. The molecule has 32 heavy (non-hydrogen) atoms. The van der Waals surface area contributed by atoms with E-state index in [9.17, 15) is 41.0 Å². The van der Waals surface area contributed by atoms with Crippen LogP contribution in [0, 0.1) is 5.92 Å². The van der Waals surface area contributed by atoms with Crippen LogP contribution in [-0.4, -0.2) is 34.9 Å². The number of hydrogen-bond acceptors (Lipinski definition) is 3. The van der Waals surface area contributed by atoms with Crippen LogP contribution in [0.2, 0.25) is 0 Å². The van der Waals surface area contributed by atoms with Crippen molar-refractivity contribution in [1.82, 2.24) is 4.90 Å². The second-order valence-electron chi connectivity index (χ2n) is 7.40. The fourth-order valence-corrected chi connectivity index (χ4v) is 3.44. The molecule has 2 aromatic rings. The number of Topliss-reactive ketones (excluding diaryl/α,β-unsaturated/α-hetero) is 1. The molecule has 1 saturated heterocycles. The number of alkyl halides is 6. The molecule has 0 saturated carbocycles. The van der Waals surface area contributed by atoms with Crippen molar-refractivity contribution < 1.29 is 41.0 Å². The Bertz CT molecular complexity index is 962. The molecule has 0 bridgehead atoms. The van der Waals surface area contributed by atoms with Crippen LogP contribution in [0.25, 0.3) is 0 Å². The summed E-state index contributed by atoms with van der Waals surface area (Å²) in [7, 11) is 0. The first-order chi connectivity index (χ1) is 14.8. The minimum absolute atomic E-state index is 0.0105. The lowest BCUT2D eigenvalue weighted by atomic mass is 9.89. The minimum Gasteiger partial charge on any atom is -0.508 e. The van der Waals surface area contributed by atoms with E-state index in [2.05, 4.69) is 5.32 Å². The third-order valence-corrected chi connectivity index (χ3v) is 5.14. The Morgan fingerprint density at radius 3 is 1.84 bits per heavy atom. The smallest absolute Gasteiger partial charge is 0.416 e. The highest BCUT2D eigenvalue weighted by atomic mass is 19.4. The van der Waals surface area contributed by atoms with Gasteiger partial charge in [0.15, 0.2) is 5.78 Å². The van der Waals surface area contributed by atoms with Gasteiger partial charge in [-0.25, -0.2) is 4.79 Å². The highest BCUT2D eigenvalue weighted by Crippen LogP contribution is 2.37. The number of carbonyl (C=O) groups is 2. The Kier molecular flexibility index (Phi) is 6.38. The minimum atomic E-state index is -5.02. The number of nitrogens with zero attached hydrogens (tertiary/aromatic N) is 1. The monoisotopic (exact) mass is 460 g/mol. The molecular formula is C21H18F6N2O3. The van der Waals surface area contributed by atoms with E-state index in [0.29, 0.717) is 17.7 Å². The van der Waals surface area contributed by atoms with Gasteiger partial charge in [-0.1, -0.05) is 0 Å². The summed E-state index contributed by atoms with van der Waals surface area (Å²) in [6.07, 6.45) is -9.48. The number of phenols is 1. The zero-order valence-corrected chi connectivity index (χ0v) is 16.4. The van der Waals surface area contributed by atoms with Crippen molar-refractivity contribution in [1.29, 1.82) is 0 Å². The van der Waals surface area contributed by atoms with Crippen LogP contribution in [0.3, 0.4) is 0 Å². The molecular weight excluding hydrogens is 442 g/mol. The van der Waals surface area contributed by atoms with E-state index in [1.807, 2.05) is 0 Å². The molecule has 0 spiro atoms. The van der Waals surface area contributed by atoms with Gasteiger partial charge < -0.3 is 15.3 Å². The van der Waals surface area contributed by atoms with Gasteiger partial charge in [-0.15, -0.1) is 0 Å². The van der Waals surface area contributed by atoms with Crippen LogP contribution in [0.5, 0.6) is 5.75 Å². The lowest BCUT2D eigenvalue weighted by molar-refractivity contribution is -0.143. The Morgan fingerprint density at radius 2 is 1.38 bits per heavy atom. The van der Waals surface area contributed by atoms with E-state index in [1.54, 1.807) is 0 Å². The molecule has 1 heterocycles. The van der Waals surface area contributed by atoms with Crippen molar-refractivity contribution in [3.63, 3.8) is 0 Å². The first kappa shape index (κ1) is 23.4. The van der Waals surface area contributed by atoms with Crippen LogP contribution in [-0.2, 0) is 12.4 Å². The fraction of sp³-hybridized carbons (Fsp3) is 0.333. The van der Waals surface area contributed by atoms with Crippen molar-refractivity contribution in [3.8, 4) is 5.75 Å². The predicted molar refractivity (Wildman–Crippen MR) is 102 cm³/mol. The molecule has 2 N–H and O–H groups in total. The normalized spacial score (nSPS) is 15.5. The highest BCUT2D eigenvalue weighted by molar-refractivity contribution is 5.98. The van der Waals surface area contributed by atoms with Gasteiger partial charge in [-0.3, -0.25) is 4.79 Å². The number of rotatable bonds is 3. The Morgan fingerprint density at radius 1 is 0.875 bits per heavy atom. The molecule has 0 aromatic heterocycles. The third-order valence-electron chi connectivity index (χ3n) is 5.14. The number of aromatic hydroxyl groups is 1. The standard InChI is InChI=1S/C21H18F6N2O3/c22-20(23,24)14-9-15(21(25,26)27)11-16(10-14)28-19(32)29-7-5-13(6-8-29)18(31)12-1-3-17(30)4-2-12/h1-4,9-11,13,30H,5-8H2,(H,28,32). The number of halogens is 6. The number of likely N-dealkylation sites (tertiary alicyclic amines) is 1. The van der Waals surface area contributed by atoms with E-state index in [4.69, 9.17) is 0 Å². The number of piperidine rings is 1. The van der Waals surface area contributed by atoms with Crippen LogP contribution < -0.4 is 5.32 Å². The van der Waals surface area contributed by atoms with Crippen molar-refractivity contribution >= 4 is 17.5 Å². The fourth-order valence-electron chi connectivity index (χ4n) is 3.44. The Hall–Kier alpha value is -3.24. The summed E-state index contributed by atoms with van der Waals surface area (Å²) in [5.74, 6) is -0.553. The molecule has 0 aliphatic carbocycles. The van der Waals surface area contributed by atoms with Gasteiger partial charge in [-0.05, 0) is 55.3 Å². The van der Waals surface area contributed by atoms with Gasteiger partial charge in [0.05, 0.1) is 11.1 Å². The maximum Gasteiger partial charge on any atom is 0.416 e. The molecule has 2 amide bonds. The summed E-state index contributed by atoms with van der Waals surface area (Å²) in [4.78, 5) is 26.2. The number of phenolic OH excluding ortho intramolecular Hbond substituents is 1. The zero-order chi connectivity index (χ0) is 23.7. The largest absolute Gasteiger partial charge is 0.508 e. The third kappa shape index (κ3) is 5.51. The predicted octanol–water partition coefficient (Wildman–Crippen LogP) is 5.56. The van der Waals surface area contributed by atoms with Gasteiger partial charge >= 0.3 is 18.4 Å². The molecule has 3 rings (SSSR count). The molecule has 0 unspecified atom stereocenters. The van der Waals surface area contributed by atoms with Crippen molar-refractivity contribution in [2.75, 3.05) is 18.4 Å². The number of nitrogens with one attached hydrogen (secondary N) is 1. The molecule has 0 atom stereocenters. The van der Waals surface area contributed by atoms with Gasteiger partial charge in [0.1, 0.15) is 5.75 Å². The zero-order valence-electron chi connectivity index (χ0n) is 16.4. The first-order valence-corrected chi connectivity index (χ1v) is 9.53. The van der Waals surface area contributed by atoms with E-state index < -0.39 is 41.1 Å². The highest BCUT2D eigenvalue weighted by Gasteiger charge is 2.37. The first-order valence-electron chi connectivity index (χ1n) is 9.53. The van der Waals surface area contributed by atoms with E-state index in [1.165, 1.54) is 29.2 Å². The molecule has 5 nitrogen and oxygen atoms in total. The van der Waals surface area contributed by atoms with Gasteiger partial charge in [0.25, 0.3) is 0 Å². The number of amides is 2. The Balaban J connectivity index is 1.67. The van der Waals surface area contributed by atoms with E-state index in [0.717, 1.165) is 0 Å². The van der Waals surface area contributed by atoms with Crippen LogP contribution in [0.1, 0.15) is 34.3 Å². The van der Waals surface area contributed by atoms with Crippen molar-refractivity contribution in [3.05, 3.63) is 59.2 Å². The van der Waals surface area contributed by atoms with Gasteiger partial charge in [0, 0.05) is 30.3 Å². The SMILES string of the molecule is O=C(c1ccc(O)cc1)C1CCN(C(=O)Nc2cc(C(F)(F)F)cc(C(F)(F)F)c2)CC1. The second kappa shape index (κ2) is 8.71. The summed E-state index contributed by atoms with van der Waals surface area (Å²) in [6.45, 7) is 0.205. The quantitative estimate of drug-likeness (QED) is 0.466. The number of ketones is 1. The van der Waals surface area contributed by atoms with Gasteiger partial charge in [-0.2, -0.15) is 26.3 Å². The lowest BCUT2D eigenvalue weighted by Gasteiger charge is -2.31. The summed E-state index contributed by atoms with van der Waals surface area (Å²) in [5.41, 5.74) is -3.28. The molecule has 11 heteroatoms. The van der Waals surface area contributed by atoms with E-state index >= 15 is 0 Å².